The number of rotatable bonds is 5. The largest absolute Gasteiger partial charge is 0.381 e. The Morgan fingerprint density at radius 1 is 1.00 bits per heavy atom. The van der Waals surface area contributed by atoms with Crippen molar-refractivity contribution in [3.8, 4) is 0 Å². The zero-order valence-corrected chi connectivity index (χ0v) is 13.5. The first-order chi connectivity index (χ1) is 11.1. The van der Waals surface area contributed by atoms with Gasteiger partial charge >= 0.3 is 0 Å². The van der Waals surface area contributed by atoms with Gasteiger partial charge in [0.1, 0.15) is 0 Å². The topological polar surface area (TPSA) is 67.4 Å². The summed E-state index contributed by atoms with van der Waals surface area (Å²) in [6.07, 6.45) is 3.59. The Bertz CT molecular complexity index is 560. The van der Waals surface area contributed by atoms with E-state index in [1.54, 1.807) is 0 Å². The third kappa shape index (κ3) is 4.32. The Balaban J connectivity index is 1.53. The smallest absolute Gasteiger partial charge is 0.227 e. The fourth-order valence-corrected chi connectivity index (χ4v) is 2.82. The number of hydrogen-bond acceptors (Lipinski definition) is 3. The summed E-state index contributed by atoms with van der Waals surface area (Å²) in [5.74, 6) is 0.473. The maximum Gasteiger partial charge on any atom is 0.227 e. The van der Waals surface area contributed by atoms with E-state index in [9.17, 15) is 9.59 Å². The highest BCUT2D eigenvalue weighted by Gasteiger charge is 2.29. The molecule has 0 unspecified atom stereocenters. The second-order valence-electron chi connectivity index (χ2n) is 6.50. The third-order valence-electron chi connectivity index (χ3n) is 4.58. The van der Waals surface area contributed by atoms with Crippen molar-refractivity contribution in [2.75, 3.05) is 18.5 Å². The molecule has 1 aromatic carbocycles. The van der Waals surface area contributed by atoms with E-state index in [1.807, 2.05) is 31.2 Å². The van der Waals surface area contributed by atoms with Gasteiger partial charge in [0.2, 0.25) is 11.8 Å². The van der Waals surface area contributed by atoms with Gasteiger partial charge in [-0.2, -0.15) is 0 Å². The van der Waals surface area contributed by atoms with Gasteiger partial charge in [-0.15, -0.1) is 0 Å². The van der Waals surface area contributed by atoms with Crippen molar-refractivity contribution in [3.63, 3.8) is 0 Å². The Morgan fingerprint density at radius 2 is 1.61 bits per heavy atom. The first-order valence-corrected chi connectivity index (χ1v) is 8.42. The highest BCUT2D eigenvalue weighted by molar-refractivity contribution is 5.94. The molecule has 1 saturated carbocycles. The van der Waals surface area contributed by atoms with Crippen molar-refractivity contribution in [2.45, 2.75) is 38.6 Å². The standard InChI is InChI=1S/C18H24N2O3/c1-12(19-17(21)15-8-10-23-11-9-15)13-4-6-16(7-5-13)20-18(22)14-2-3-14/h4-7,12,14-15H,2-3,8-11H2,1H3,(H,19,21)(H,20,22)/t12-/m1/s1. The molecule has 1 aliphatic heterocycles. The van der Waals surface area contributed by atoms with E-state index in [1.165, 1.54) is 0 Å². The lowest BCUT2D eigenvalue weighted by atomic mass is 9.98. The first kappa shape index (κ1) is 16.0. The minimum absolute atomic E-state index is 0.0430. The van der Waals surface area contributed by atoms with E-state index in [0.29, 0.717) is 13.2 Å². The fraction of sp³-hybridized carbons (Fsp3) is 0.556. The van der Waals surface area contributed by atoms with Crippen molar-refractivity contribution in [3.05, 3.63) is 29.8 Å². The van der Waals surface area contributed by atoms with E-state index in [-0.39, 0.29) is 29.7 Å². The molecule has 0 aromatic heterocycles. The number of benzene rings is 1. The highest BCUT2D eigenvalue weighted by atomic mass is 16.5. The zero-order valence-electron chi connectivity index (χ0n) is 13.5. The summed E-state index contributed by atoms with van der Waals surface area (Å²) < 4.78 is 5.29. The fourth-order valence-electron chi connectivity index (χ4n) is 2.82. The van der Waals surface area contributed by atoms with Gasteiger partial charge in [-0.05, 0) is 50.3 Å². The number of carbonyl (C=O) groups excluding carboxylic acids is 2. The van der Waals surface area contributed by atoms with Crippen LogP contribution < -0.4 is 10.6 Å². The molecular formula is C18H24N2O3. The Labute approximate surface area is 136 Å². The van der Waals surface area contributed by atoms with Gasteiger partial charge < -0.3 is 15.4 Å². The molecule has 1 atom stereocenters. The van der Waals surface area contributed by atoms with Gasteiger partial charge in [0.05, 0.1) is 6.04 Å². The maximum absolute atomic E-state index is 12.3. The van der Waals surface area contributed by atoms with Crippen molar-refractivity contribution >= 4 is 17.5 Å². The Morgan fingerprint density at radius 3 is 2.22 bits per heavy atom. The molecule has 124 valence electrons. The normalized spacial score (nSPS) is 19.9. The number of amides is 2. The molecule has 2 aliphatic rings. The molecule has 3 rings (SSSR count). The summed E-state index contributed by atoms with van der Waals surface area (Å²) >= 11 is 0. The molecule has 1 saturated heterocycles. The van der Waals surface area contributed by atoms with Crippen LogP contribution in [0.3, 0.4) is 0 Å². The lowest BCUT2D eigenvalue weighted by molar-refractivity contribution is -0.128. The van der Waals surface area contributed by atoms with E-state index in [4.69, 9.17) is 4.74 Å². The van der Waals surface area contributed by atoms with E-state index >= 15 is 0 Å². The van der Waals surface area contributed by atoms with E-state index < -0.39 is 0 Å². The lowest BCUT2D eigenvalue weighted by Crippen LogP contribution is -2.35. The quantitative estimate of drug-likeness (QED) is 0.877. The van der Waals surface area contributed by atoms with E-state index in [0.717, 1.165) is 36.9 Å². The summed E-state index contributed by atoms with van der Waals surface area (Å²) in [6.45, 7) is 3.32. The van der Waals surface area contributed by atoms with E-state index in [2.05, 4.69) is 10.6 Å². The molecule has 0 spiro atoms. The summed E-state index contributed by atoms with van der Waals surface area (Å²) in [5, 5.41) is 5.99. The van der Waals surface area contributed by atoms with Gasteiger partial charge in [0, 0.05) is 30.7 Å². The summed E-state index contributed by atoms with van der Waals surface area (Å²) in [7, 11) is 0. The summed E-state index contributed by atoms with van der Waals surface area (Å²) in [5.41, 5.74) is 1.85. The number of ether oxygens (including phenoxy) is 1. The van der Waals surface area contributed by atoms with Crippen LogP contribution in [0.5, 0.6) is 0 Å². The number of hydrogen-bond donors (Lipinski definition) is 2. The van der Waals surface area contributed by atoms with Crippen molar-refractivity contribution in [1.29, 1.82) is 0 Å². The SMILES string of the molecule is C[C@@H](NC(=O)C1CCOCC1)c1ccc(NC(=O)C2CC2)cc1. The van der Waals surface area contributed by atoms with Crippen molar-refractivity contribution in [1.82, 2.24) is 5.32 Å². The molecule has 5 nitrogen and oxygen atoms in total. The van der Waals surface area contributed by atoms with Crippen LogP contribution in [0.25, 0.3) is 0 Å². The Hall–Kier alpha value is -1.88. The van der Waals surface area contributed by atoms with Gasteiger partial charge in [-0.3, -0.25) is 9.59 Å². The van der Waals surface area contributed by atoms with Crippen molar-refractivity contribution < 1.29 is 14.3 Å². The molecule has 1 aliphatic carbocycles. The number of anilines is 1. The molecule has 1 heterocycles. The molecule has 5 heteroatoms. The molecule has 0 bridgehead atoms. The van der Waals surface area contributed by atoms with Crippen LogP contribution in [-0.2, 0) is 14.3 Å². The minimum Gasteiger partial charge on any atom is -0.381 e. The van der Waals surface area contributed by atoms with Gasteiger partial charge in [0.15, 0.2) is 0 Å². The average Bonchev–Trinajstić information content (AvgIpc) is 3.41. The second kappa shape index (κ2) is 7.13. The van der Waals surface area contributed by atoms with Crippen LogP contribution in [0.2, 0.25) is 0 Å². The Kier molecular flexibility index (Phi) is 4.96. The second-order valence-corrected chi connectivity index (χ2v) is 6.50. The minimum atomic E-state index is -0.0430. The molecule has 2 amide bonds. The molecule has 2 N–H and O–H groups in total. The number of nitrogens with one attached hydrogen (secondary N) is 2. The predicted molar refractivity (Wildman–Crippen MR) is 87.9 cm³/mol. The monoisotopic (exact) mass is 316 g/mol. The van der Waals surface area contributed by atoms with Crippen molar-refractivity contribution in [2.24, 2.45) is 11.8 Å². The predicted octanol–water partition coefficient (Wildman–Crippen LogP) is 2.64. The van der Waals surface area contributed by atoms with Gasteiger partial charge in [-0.25, -0.2) is 0 Å². The average molecular weight is 316 g/mol. The lowest BCUT2D eigenvalue weighted by Gasteiger charge is -2.23. The van der Waals surface area contributed by atoms with Crippen LogP contribution in [0.15, 0.2) is 24.3 Å². The summed E-state index contributed by atoms with van der Waals surface area (Å²) in [6, 6.07) is 7.66. The molecule has 23 heavy (non-hydrogen) atoms. The summed E-state index contributed by atoms with van der Waals surface area (Å²) in [4.78, 5) is 24.0. The molecular weight excluding hydrogens is 292 g/mol. The maximum atomic E-state index is 12.3. The van der Waals surface area contributed by atoms with Crippen LogP contribution in [0.1, 0.15) is 44.2 Å². The van der Waals surface area contributed by atoms with Gasteiger partial charge in [-0.1, -0.05) is 12.1 Å². The number of carbonyl (C=O) groups is 2. The van der Waals surface area contributed by atoms with Crippen LogP contribution in [-0.4, -0.2) is 25.0 Å². The van der Waals surface area contributed by atoms with Crippen LogP contribution in [0.4, 0.5) is 5.69 Å². The zero-order chi connectivity index (χ0) is 16.2. The molecule has 1 aromatic rings. The first-order valence-electron chi connectivity index (χ1n) is 8.42. The highest BCUT2D eigenvalue weighted by Crippen LogP contribution is 2.30. The third-order valence-corrected chi connectivity index (χ3v) is 4.58. The molecule has 2 fully saturated rings. The van der Waals surface area contributed by atoms with Crippen LogP contribution in [0, 0.1) is 11.8 Å². The van der Waals surface area contributed by atoms with Crippen LogP contribution >= 0.6 is 0 Å². The molecule has 0 radical (unpaired) electrons. The van der Waals surface area contributed by atoms with Gasteiger partial charge in [0.25, 0.3) is 0 Å².